The monoisotopic (exact) mass is 375 g/mol. The largest absolute Gasteiger partial charge is 0.306 e. The second-order valence-electron chi connectivity index (χ2n) is 5.65. The highest BCUT2D eigenvalue weighted by Crippen LogP contribution is 2.27. The average Bonchev–Trinajstić information content (AvgIpc) is 3.02. The minimum Gasteiger partial charge on any atom is -0.306 e. The lowest BCUT2D eigenvalue weighted by Gasteiger charge is -2.08. The summed E-state index contributed by atoms with van der Waals surface area (Å²) in [5, 5.41) is 9.98. The quantitative estimate of drug-likeness (QED) is 0.534. The molecular formula is C19H19ClFN3S. The van der Waals surface area contributed by atoms with Crippen LogP contribution in [0.2, 0.25) is 5.02 Å². The summed E-state index contributed by atoms with van der Waals surface area (Å²) in [5.41, 5.74) is 2.19. The molecule has 0 bridgehead atoms. The molecule has 25 heavy (non-hydrogen) atoms. The van der Waals surface area contributed by atoms with Gasteiger partial charge in [-0.1, -0.05) is 59.8 Å². The standard InChI is InChI=1S/C19H19ClFN3S/c1-2-24-18(11-8-14-6-4-3-5-7-14)22-23-19(24)25-13-15-9-10-16(21)12-17(15)20/h3-7,9-10,12H,2,8,11,13H2,1H3. The Labute approximate surface area is 156 Å². The molecule has 6 heteroatoms. The Morgan fingerprint density at radius 2 is 1.88 bits per heavy atom. The fourth-order valence-corrected chi connectivity index (χ4v) is 3.95. The third-order valence-electron chi connectivity index (χ3n) is 3.96. The Morgan fingerprint density at radius 3 is 2.60 bits per heavy atom. The van der Waals surface area contributed by atoms with E-state index in [0.29, 0.717) is 10.8 Å². The normalized spacial score (nSPS) is 11.0. The fraction of sp³-hybridized carbons (Fsp3) is 0.263. The van der Waals surface area contributed by atoms with Crippen LogP contribution in [0.4, 0.5) is 4.39 Å². The molecule has 0 aliphatic heterocycles. The van der Waals surface area contributed by atoms with Gasteiger partial charge in [-0.05, 0) is 36.6 Å². The van der Waals surface area contributed by atoms with Crippen LogP contribution in [0.5, 0.6) is 0 Å². The van der Waals surface area contributed by atoms with Gasteiger partial charge in [-0.15, -0.1) is 10.2 Å². The van der Waals surface area contributed by atoms with E-state index in [1.54, 1.807) is 17.8 Å². The first-order valence-electron chi connectivity index (χ1n) is 8.20. The number of rotatable bonds is 7. The summed E-state index contributed by atoms with van der Waals surface area (Å²) in [7, 11) is 0. The predicted octanol–water partition coefficient (Wildman–Crippen LogP) is 5.17. The first-order chi connectivity index (χ1) is 12.2. The van der Waals surface area contributed by atoms with Gasteiger partial charge < -0.3 is 4.57 Å². The van der Waals surface area contributed by atoms with Gasteiger partial charge in [0.15, 0.2) is 5.16 Å². The number of thioether (sulfide) groups is 1. The molecule has 0 saturated heterocycles. The zero-order chi connectivity index (χ0) is 17.6. The Kier molecular flexibility index (Phi) is 6.10. The molecule has 0 atom stereocenters. The molecule has 3 aromatic rings. The highest BCUT2D eigenvalue weighted by Gasteiger charge is 2.12. The predicted molar refractivity (Wildman–Crippen MR) is 101 cm³/mol. The van der Waals surface area contributed by atoms with Gasteiger partial charge in [-0.25, -0.2) is 4.39 Å². The lowest BCUT2D eigenvalue weighted by atomic mass is 10.1. The Balaban J connectivity index is 1.67. The molecule has 130 valence electrons. The fourth-order valence-electron chi connectivity index (χ4n) is 2.61. The summed E-state index contributed by atoms with van der Waals surface area (Å²) in [6.45, 7) is 2.90. The van der Waals surface area contributed by atoms with Gasteiger partial charge in [0.1, 0.15) is 11.6 Å². The summed E-state index contributed by atoms with van der Waals surface area (Å²) in [6.07, 6.45) is 1.79. The number of aryl methyl sites for hydroxylation is 2. The maximum Gasteiger partial charge on any atom is 0.191 e. The van der Waals surface area contributed by atoms with Crippen LogP contribution in [0.15, 0.2) is 53.7 Å². The van der Waals surface area contributed by atoms with Crippen molar-refractivity contribution in [3.63, 3.8) is 0 Å². The average molecular weight is 376 g/mol. The van der Waals surface area contributed by atoms with Crippen molar-refractivity contribution < 1.29 is 4.39 Å². The molecule has 0 radical (unpaired) electrons. The number of hydrogen-bond acceptors (Lipinski definition) is 3. The lowest BCUT2D eigenvalue weighted by molar-refractivity contribution is 0.627. The van der Waals surface area contributed by atoms with Crippen LogP contribution >= 0.6 is 23.4 Å². The number of halogens is 2. The molecule has 2 aromatic carbocycles. The third kappa shape index (κ3) is 4.61. The van der Waals surface area contributed by atoms with Crippen molar-refractivity contribution in [3.05, 3.63) is 76.3 Å². The molecule has 0 fully saturated rings. The van der Waals surface area contributed by atoms with Crippen molar-refractivity contribution in [1.82, 2.24) is 14.8 Å². The van der Waals surface area contributed by atoms with E-state index >= 15 is 0 Å². The van der Waals surface area contributed by atoms with Crippen LogP contribution < -0.4 is 0 Å². The summed E-state index contributed by atoms with van der Waals surface area (Å²) < 4.78 is 15.3. The van der Waals surface area contributed by atoms with Gasteiger partial charge in [0.05, 0.1) is 0 Å². The second-order valence-corrected chi connectivity index (χ2v) is 7.00. The van der Waals surface area contributed by atoms with Crippen molar-refractivity contribution in [2.45, 2.75) is 37.2 Å². The van der Waals surface area contributed by atoms with Crippen LogP contribution in [0.1, 0.15) is 23.9 Å². The van der Waals surface area contributed by atoms with Crippen LogP contribution in [0.25, 0.3) is 0 Å². The SMILES string of the molecule is CCn1c(CCc2ccccc2)nnc1SCc1ccc(F)cc1Cl. The van der Waals surface area contributed by atoms with Gasteiger partial charge in [0.25, 0.3) is 0 Å². The summed E-state index contributed by atoms with van der Waals surface area (Å²) in [6, 6.07) is 14.9. The maximum atomic E-state index is 13.1. The van der Waals surface area contributed by atoms with E-state index < -0.39 is 0 Å². The first kappa shape index (κ1) is 18.0. The van der Waals surface area contributed by atoms with E-state index in [2.05, 4.69) is 33.8 Å². The zero-order valence-corrected chi connectivity index (χ0v) is 15.5. The van der Waals surface area contributed by atoms with Crippen molar-refractivity contribution in [2.75, 3.05) is 0 Å². The van der Waals surface area contributed by atoms with Crippen LogP contribution in [0.3, 0.4) is 0 Å². The molecule has 3 nitrogen and oxygen atoms in total. The van der Waals surface area contributed by atoms with Crippen LogP contribution in [0, 0.1) is 5.82 Å². The van der Waals surface area contributed by atoms with E-state index in [1.165, 1.54) is 17.7 Å². The van der Waals surface area contributed by atoms with E-state index in [1.807, 2.05) is 18.2 Å². The minimum absolute atomic E-state index is 0.321. The number of aromatic nitrogens is 3. The molecule has 0 amide bonds. The Morgan fingerprint density at radius 1 is 1.08 bits per heavy atom. The molecule has 0 aliphatic carbocycles. The summed E-state index contributed by atoms with van der Waals surface area (Å²) in [5.74, 6) is 1.30. The molecule has 0 aliphatic rings. The van der Waals surface area contributed by atoms with E-state index in [9.17, 15) is 4.39 Å². The smallest absolute Gasteiger partial charge is 0.191 e. The molecule has 0 saturated carbocycles. The highest BCUT2D eigenvalue weighted by atomic mass is 35.5. The van der Waals surface area contributed by atoms with E-state index in [0.717, 1.165) is 35.9 Å². The molecule has 1 aromatic heterocycles. The highest BCUT2D eigenvalue weighted by molar-refractivity contribution is 7.98. The van der Waals surface area contributed by atoms with Gasteiger partial charge in [0, 0.05) is 23.7 Å². The van der Waals surface area contributed by atoms with Crippen molar-refractivity contribution in [1.29, 1.82) is 0 Å². The molecule has 0 spiro atoms. The van der Waals surface area contributed by atoms with Crippen LogP contribution in [-0.4, -0.2) is 14.8 Å². The maximum absolute atomic E-state index is 13.1. The van der Waals surface area contributed by atoms with Crippen molar-refractivity contribution >= 4 is 23.4 Å². The van der Waals surface area contributed by atoms with Crippen LogP contribution in [-0.2, 0) is 25.1 Å². The summed E-state index contributed by atoms with van der Waals surface area (Å²) >= 11 is 7.67. The topological polar surface area (TPSA) is 30.7 Å². The number of nitrogens with zero attached hydrogens (tertiary/aromatic N) is 3. The van der Waals surface area contributed by atoms with Gasteiger partial charge >= 0.3 is 0 Å². The summed E-state index contributed by atoms with van der Waals surface area (Å²) in [4.78, 5) is 0. The van der Waals surface area contributed by atoms with Crippen molar-refractivity contribution in [2.24, 2.45) is 0 Å². The minimum atomic E-state index is -0.321. The van der Waals surface area contributed by atoms with Crippen molar-refractivity contribution in [3.8, 4) is 0 Å². The van der Waals surface area contributed by atoms with Gasteiger partial charge in [-0.2, -0.15) is 0 Å². The third-order valence-corrected chi connectivity index (χ3v) is 5.33. The molecule has 0 unspecified atom stereocenters. The molecular weight excluding hydrogens is 357 g/mol. The Bertz CT molecular complexity index is 836. The van der Waals surface area contributed by atoms with Gasteiger partial charge in [-0.3, -0.25) is 0 Å². The molecule has 1 heterocycles. The second kappa shape index (κ2) is 8.50. The number of benzene rings is 2. The molecule has 3 rings (SSSR count). The molecule has 0 N–H and O–H groups in total. The number of hydrogen-bond donors (Lipinski definition) is 0. The van der Waals surface area contributed by atoms with E-state index in [-0.39, 0.29) is 5.82 Å². The van der Waals surface area contributed by atoms with E-state index in [4.69, 9.17) is 11.6 Å². The zero-order valence-electron chi connectivity index (χ0n) is 14.0. The Hall–Kier alpha value is -1.85. The first-order valence-corrected chi connectivity index (χ1v) is 9.56. The lowest BCUT2D eigenvalue weighted by Crippen LogP contribution is -2.05. The van der Waals surface area contributed by atoms with Gasteiger partial charge in [0.2, 0.25) is 0 Å².